The summed E-state index contributed by atoms with van der Waals surface area (Å²) in [5, 5.41) is 12.1. The molecule has 0 unspecified atom stereocenters. The van der Waals surface area contributed by atoms with Crippen LogP contribution in [0.25, 0.3) is 33.6 Å². The zero-order valence-corrected chi connectivity index (χ0v) is 23.8. The number of aryl methyl sites for hydroxylation is 4. The lowest BCUT2D eigenvalue weighted by Crippen LogP contribution is -2.24. The minimum absolute atomic E-state index is 0.105. The number of hydrogen-bond donors (Lipinski definition) is 1. The number of ether oxygens (including phenoxy) is 1. The lowest BCUT2D eigenvalue weighted by molar-refractivity contribution is 0.0953. The zero-order valence-electron chi connectivity index (χ0n) is 23.8. The van der Waals surface area contributed by atoms with Gasteiger partial charge in [-0.05, 0) is 42.5 Å². The van der Waals surface area contributed by atoms with Crippen LogP contribution < -0.4 is 10.1 Å². The average molecular weight is 548 g/mol. The summed E-state index contributed by atoms with van der Waals surface area (Å²) in [5.41, 5.74) is 10.0. The molecule has 0 fully saturated rings. The minimum atomic E-state index is -0.105. The van der Waals surface area contributed by atoms with Crippen molar-refractivity contribution in [3.05, 3.63) is 89.3 Å². The smallest absolute Gasteiger partial charge is 0.251 e. The van der Waals surface area contributed by atoms with Crippen LogP contribution in [0.2, 0.25) is 0 Å². The molecular weight excluding hydrogens is 514 g/mol. The first-order valence-corrected chi connectivity index (χ1v) is 13.9. The summed E-state index contributed by atoms with van der Waals surface area (Å²) >= 11 is 0. The summed E-state index contributed by atoms with van der Waals surface area (Å²) in [6, 6.07) is 14.1. The van der Waals surface area contributed by atoms with Crippen molar-refractivity contribution in [3.8, 4) is 39.4 Å². The van der Waals surface area contributed by atoms with Gasteiger partial charge in [0.1, 0.15) is 11.6 Å². The van der Waals surface area contributed by atoms with Crippen molar-refractivity contribution < 1.29 is 9.53 Å². The monoisotopic (exact) mass is 547 g/mol. The average Bonchev–Trinajstić information content (AvgIpc) is 3.58. The topological polar surface area (TPSA) is 99.8 Å². The number of methoxy groups -OCH3 is 1. The zero-order chi connectivity index (χ0) is 28.5. The van der Waals surface area contributed by atoms with Gasteiger partial charge < -0.3 is 10.1 Å². The summed E-state index contributed by atoms with van der Waals surface area (Å²) in [5.74, 6) is 1.23. The predicted molar refractivity (Wildman–Crippen MR) is 158 cm³/mol. The normalized spacial score (nSPS) is 12.1. The van der Waals surface area contributed by atoms with Crippen LogP contribution in [0.3, 0.4) is 0 Å². The van der Waals surface area contributed by atoms with E-state index in [9.17, 15) is 4.79 Å². The van der Waals surface area contributed by atoms with Gasteiger partial charge in [0.2, 0.25) is 0 Å². The van der Waals surface area contributed by atoms with Crippen LogP contribution in [0, 0.1) is 0 Å². The number of carbonyl (C=O) groups is 1. The summed E-state index contributed by atoms with van der Waals surface area (Å²) < 4.78 is 9.42. The number of nitrogens with zero attached hydrogens (tertiary/aromatic N) is 6. The van der Waals surface area contributed by atoms with E-state index >= 15 is 0 Å². The van der Waals surface area contributed by atoms with Crippen LogP contribution in [-0.2, 0) is 33.4 Å². The molecule has 1 aliphatic carbocycles. The number of fused-ring (bicyclic) bond motifs is 3. The highest BCUT2D eigenvalue weighted by Crippen LogP contribution is 2.40. The molecule has 41 heavy (non-hydrogen) atoms. The number of benzene rings is 2. The number of hydrogen-bond acceptors (Lipinski definition) is 6. The highest BCUT2D eigenvalue weighted by molar-refractivity contribution is 5.94. The summed E-state index contributed by atoms with van der Waals surface area (Å²) in [6.45, 7) is 2.67. The quantitative estimate of drug-likeness (QED) is 0.300. The first-order valence-electron chi connectivity index (χ1n) is 13.9. The molecule has 1 amide bonds. The Morgan fingerprint density at radius 1 is 1.02 bits per heavy atom. The van der Waals surface area contributed by atoms with Gasteiger partial charge in [-0.25, -0.2) is 9.97 Å². The van der Waals surface area contributed by atoms with E-state index in [1.165, 1.54) is 0 Å². The first-order chi connectivity index (χ1) is 19.9. The Labute approximate surface area is 239 Å². The van der Waals surface area contributed by atoms with E-state index in [0.717, 1.165) is 69.7 Å². The van der Waals surface area contributed by atoms with Gasteiger partial charge in [0.05, 0.1) is 30.4 Å². The molecule has 1 N–H and O–H groups in total. The van der Waals surface area contributed by atoms with E-state index in [4.69, 9.17) is 19.8 Å². The molecule has 0 spiro atoms. The van der Waals surface area contributed by atoms with E-state index < -0.39 is 0 Å². The number of nitrogens with one attached hydrogen (secondary N) is 1. The molecule has 0 bridgehead atoms. The third-order valence-corrected chi connectivity index (χ3v) is 7.53. The third-order valence-electron chi connectivity index (χ3n) is 7.53. The van der Waals surface area contributed by atoms with Crippen LogP contribution in [-0.4, -0.2) is 49.1 Å². The van der Waals surface area contributed by atoms with E-state index in [1.807, 2.05) is 61.1 Å². The SMILES string of the molecule is CCCNC(=O)c1ccc(Cc2ncc3c(n2)-c2c(nn(C)c2-c2ccc(-c4cnn(C)c4)cc2)CC3)c(OC)c1. The molecule has 1 aliphatic rings. The number of aromatic nitrogens is 6. The molecule has 0 aliphatic heterocycles. The van der Waals surface area contributed by atoms with Gasteiger partial charge in [0, 0.05) is 67.3 Å². The maximum absolute atomic E-state index is 12.5. The molecule has 0 atom stereocenters. The molecule has 9 nitrogen and oxygen atoms in total. The Morgan fingerprint density at radius 2 is 1.83 bits per heavy atom. The molecule has 3 heterocycles. The Hall–Kier alpha value is -4.79. The van der Waals surface area contributed by atoms with Crippen molar-refractivity contribution in [3.63, 3.8) is 0 Å². The number of rotatable bonds is 8. The predicted octanol–water partition coefficient (Wildman–Crippen LogP) is 4.78. The van der Waals surface area contributed by atoms with Gasteiger partial charge in [-0.1, -0.05) is 37.3 Å². The number of amides is 1. The fourth-order valence-corrected chi connectivity index (χ4v) is 5.45. The van der Waals surface area contributed by atoms with Crippen LogP contribution >= 0.6 is 0 Å². The molecule has 208 valence electrons. The second-order valence-electron chi connectivity index (χ2n) is 10.4. The van der Waals surface area contributed by atoms with Crippen LogP contribution in [0.15, 0.2) is 61.1 Å². The molecule has 0 saturated heterocycles. The molecule has 6 rings (SSSR count). The van der Waals surface area contributed by atoms with Crippen LogP contribution in [0.4, 0.5) is 0 Å². The Morgan fingerprint density at radius 3 is 2.56 bits per heavy atom. The maximum atomic E-state index is 12.5. The fourth-order valence-electron chi connectivity index (χ4n) is 5.45. The molecular formula is C32H33N7O2. The van der Waals surface area contributed by atoms with Crippen molar-refractivity contribution >= 4 is 5.91 Å². The summed E-state index contributed by atoms with van der Waals surface area (Å²) in [7, 11) is 5.53. The van der Waals surface area contributed by atoms with Gasteiger partial charge >= 0.3 is 0 Å². The lowest BCUT2D eigenvalue weighted by atomic mass is 9.91. The van der Waals surface area contributed by atoms with Crippen molar-refractivity contribution in [1.29, 1.82) is 0 Å². The maximum Gasteiger partial charge on any atom is 0.251 e. The van der Waals surface area contributed by atoms with E-state index in [2.05, 4.69) is 34.7 Å². The molecule has 5 aromatic rings. The second kappa shape index (κ2) is 11.0. The van der Waals surface area contributed by atoms with E-state index in [-0.39, 0.29) is 5.91 Å². The highest BCUT2D eigenvalue weighted by Gasteiger charge is 2.27. The number of carbonyl (C=O) groups excluding carboxylic acids is 1. The van der Waals surface area contributed by atoms with Crippen molar-refractivity contribution in [2.24, 2.45) is 14.1 Å². The van der Waals surface area contributed by atoms with E-state index in [0.29, 0.717) is 30.1 Å². The van der Waals surface area contributed by atoms with Crippen LogP contribution in [0.5, 0.6) is 5.75 Å². The fraction of sp³-hybridized carbons (Fsp3) is 0.281. The standard InChI is InChI=1S/C32H33N7O2/c1-5-14-33-32(40)23-11-10-22(27(15-23)41-4)16-28-34-17-24-12-13-26-29(30(24)36-28)31(39(3)37-26)21-8-6-20(7-9-21)25-18-35-38(2)19-25/h6-11,15,17-19H,5,12-14,16H2,1-4H3,(H,33,40). The molecule has 3 aromatic heterocycles. The van der Waals surface area contributed by atoms with Gasteiger partial charge in [0.25, 0.3) is 5.91 Å². The van der Waals surface area contributed by atoms with E-state index in [1.54, 1.807) is 13.2 Å². The molecule has 0 radical (unpaired) electrons. The van der Waals surface area contributed by atoms with Crippen LogP contribution in [0.1, 0.15) is 46.3 Å². The Bertz CT molecular complexity index is 1730. The Kier molecular flexibility index (Phi) is 7.09. The molecule has 9 heteroatoms. The second-order valence-corrected chi connectivity index (χ2v) is 10.4. The van der Waals surface area contributed by atoms with Crippen molar-refractivity contribution in [2.75, 3.05) is 13.7 Å². The first kappa shape index (κ1) is 26.4. The van der Waals surface area contributed by atoms with Crippen molar-refractivity contribution in [2.45, 2.75) is 32.6 Å². The minimum Gasteiger partial charge on any atom is -0.496 e. The van der Waals surface area contributed by atoms with Gasteiger partial charge in [-0.15, -0.1) is 0 Å². The Balaban J connectivity index is 1.33. The molecule has 2 aromatic carbocycles. The van der Waals surface area contributed by atoms with Gasteiger partial charge in [0.15, 0.2) is 0 Å². The summed E-state index contributed by atoms with van der Waals surface area (Å²) in [6.07, 6.45) is 8.90. The lowest BCUT2D eigenvalue weighted by Gasteiger charge is -2.17. The largest absolute Gasteiger partial charge is 0.496 e. The van der Waals surface area contributed by atoms with Gasteiger partial charge in [-0.2, -0.15) is 10.2 Å². The van der Waals surface area contributed by atoms with Gasteiger partial charge in [-0.3, -0.25) is 14.2 Å². The third kappa shape index (κ3) is 5.11. The highest BCUT2D eigenvalue weighted by atomic mass is 16.5. The molecule has 0 saturated carbocycles. The summed E-state index contributed by atoms with van der Waals surface area (Å²) in [4.78, 5) is 22.2. The van der Waals surface area contributed by atoms with Crippen molar-refractivity contribution in [1.82, 2.24) is 34.8 Å².